The first kappa shape index (κ1) is 16.2. The van der Waals surface area contributed by atoms with Gasteiger partial charge in [-0.05, 0) is 48.6 Å². The van der Waals surface area contributed by atoms with Gasteiger partial charge in [0.2, 0.25) is 0 Å². The topological polar surface area (TPSA) is 24.7 Å². The molecule has 0 fully saturated rings. The van der Waals surface area contributed by atoms with Crippen LogP contribution in [-0.4, -0.2) is 12.4 Å². The van der Waals surface area contributed by atoms with Gasteiger partial charge in [-0.1, -0.05) is 60.2 Å². The minimum Gasteiger partial charge on any atom is -0.159 e. The molecule has 0 bridgehead atoms. The van der Waals surface area contributed by atoms with Gasteiger partial charge in [-0.2, -0.15) is 10.2 Å². The SMILES string of the molecule is C/C=C/CCc1ccc(C=NN=Cc2ccc(Cl)cc2)cc1. The number of aryl methyl sites for hydroxylation is 1. The second kappa shape index (κ2) is 8.96. The molecular weight excluding hydrogens is 292 g/mol. The van der Waals surface area contributed by atoms with Gasteiger partial charge in [0.1, 0.15) is 0 Å². The molecule has 0 aliphatic carbocycles. The first-order chi connectivity index (χ1) is 10.8. The Morgan fingerprint density at radius 3 is 1.95 bits per heavy atom. The molecule has 2 aromatic rings. The van der Waals surface area contributed by atoms with Gasteiger partial charge in [-0.25, -0.2) is 0 Å². The fraction of sp³-hybridized carbons (Fsp3) is 0.158. The summed E-state index contributed by atoms with van der Waals surface area (Å²) in [5.41, 5.74) is 3.35. The van der Waals surface area contributed by atoms with Crippen molar-refractivity contribution in [3.8, 4) is 0 Å². The van der Waals surface area contributed by atoms with E-state index in [1.807, 2.05) is 31.2 Å². The zero-order valence-corrected chi connectivity index (χ0v) is 13.4. The molecule has 0 aliphatic heterocycles. The molecular formula is C19H19ClN2. The molecule has 2 rings (SSSR count). The second-order valence-electron chi connectivity index (χ2n) is 4.89. The molecule has 0 radical (unpaired) electrons. The first-order valence-corrected chi connectivity index (χ1v) is 7.68. The summed E-state index contributed by atoms with van der Waals surface area (Å²) in [7, 11) is 0. The lowest BCUT2D eigenvalue weighted by atomic mass is 10.1. The van der Waals surface area contributed by atoms with Gasteiger partial charge < -0.3 is 0 Å². The van der Waals surface area contributed by atoms with Gasteiger partial charge in [-0.15, -0.1) is 0 Å². The summed E-state index contributed by atoms with van der Waals surface area (Å²) < 4.78 is 0. The van der Waals surface area contributed by atoms with E-state index in [0.717, 1.165) is 29.0 Å². The Kier molecular flexibility index (Phi) is 6.59. The molecule has 112 valence electrons. The largest absolute Gasteiger partial charge is 0.159 e. The van der Waals surface area contributed by atoms with Crippen LogP contribution in [0.1, 0.15) is 30.0 Å². The van der Waals surface area contributed by atoms with Gasteiger partial charge in [0.25, 0.3) is 0 Å². The van der Waals surface area contributed by atoms with Crippen molar-refractivity contribution < 1.29 is 0 Å². The highest BCUT2D eigenvalue weighted by Gasteiger charge is 1.92. The lowest BCUT2D eigenvalue weighted by molar-refractivity contribution is 0.999. The minimum atomic E-state index is 0.718. The Balaban J connectivity index is 1.88. The normalized spacial score (nSPS) is 11.9. The van der Waals surface area contributed by atoms with Crippen LogP contribution in [0.25, 0.3) is 0 Å². The van der Waals surface area contributed by atoms with Crippen LogP contribution in [0.3, 0.4) is 0 Å². The summed E-state index contributed by atoms with van der Waals surface area (Å²) in [6, 6.07) is 15.9. The summed E-state index contributed by atoms with van der Waals surface area (Å²) in [6.45, 7) is 2.05. The summed E-state index contributed by atoms with van der Waals surface area (Å²) in [5.74, 6) is 0. The number of hydrogen-bond donors (Lipinski definition) is 0. The quantitative estimate of drug-likeness (QED) is 0.393. The Bertz CT molecular complexity index is 653. The lowest BCUT2D eigenvalue weighted by Crippen LogP contribution is -1.86. The molecule has 0 saturated carbocycles. The van der Waals surface area contributed by atoms with Gasteiger partial charge in [0, 0.05) is 5.02 Å². The van der Waals surface area contributed by atoms with Crippen LogP contribution >= 0.6 is 11.6 Å². The number of halogens is 1. The average molecular weight is 311 g/mol. The summed E-state index contributed by atoms with van der Waals surface area (Å²) in [6.07, 6.45) is 9.87. The van der Waals surface area contributed by atoms with Crippen LogP contribution in [0.5, 0.6) is 0 Å². The van der Waals surface area contributed by atoms with E-state index in [4.69, 9.17) is 11.6 Å². The Hall–Kier alpha value is -2.19. The van der Waals surface area contributed by atoms with E-state index in [2.05, 4.69) is 46.6 Å². The zero-order chi connectivity index (χ0) is 15.6. The van der Waals surface area contributed by atoms with Crippen molar-refractivity contribution in [1.29, 1.82) is 0 Å². The molecule has 0 saturated heterocycles. The van der Waals surface area contributed by atoms with Gasteiger partial charge in [0.05, 0.1) is 12.4 Å². The van der Waals surface area contributed by atoms with Crippen LogP contribution < -0.4 is 0 Å². The van der Waals surface area contributed by atoms with E-state index in [1.165, 1.54) is 5.56 Å². The molecule has 3 heteroatoms. The van der Waals surface area contributed by atoms with E-state index in [0.29, 0.717) is 0 Å². The summed E-state index contributed by atoms with van der Waals surface area (Å²) in [4.78, 5) is 0. The molecule has 0 spiro atoms. The standard InChI is InChI=1S/C19H19ClN2/c1-2-3-4-5-16-6-8-17(9-7-16)14-21-22-15-18-10-12-19(20)13-11-18/h2-3,6-15H,4-5H2,1H3/b3-2+,21-14?,22-15?. The van der Waals surface area contributed by atoms with Crippen LogP contribution in [-0.2, 0) is 6.42 Å². The molecule has 0 heterocycles. The predicted octanol–water partition coefficient (Wildman–Crippen LogP) is 5.30. The Morgan fingerprint density at radius 1 is 0.864 bits per heavy atom. The van der Waals surface area contributed by atoms with Crippen LogP contribution in [0.2, 0.25) is 5.02 Å². The third-order valence-electron chi connectivity index (χ3n) is 3.17. The smallest absolute Gasteiger partial charge is 0.0568 e. The summed E-state index contributed by atoms with van der Waals surface area (Å²) in [5, 5.41) is 8.82. The van der Waals surface area contributed by atoms with Crippen molar-refractivity contribution in [2.45, 2.75) is 19.8 Å². The molecule has 0 amide bonds. The maximum atomic E-state index is 5.83. The summed E-state index contributed by atoms with van der Waals surface area (Å²) >= 11 is 5.83. The van der Waals surface area contributed by atoms with Crippen molar-refractivity contribution in [2.75, 3.05) is 0 Å². The predicted molar refractivity (Wildman–Crippen MR) is 96.2 cm³/mol. The van der Waals surface area contributed by atoms with Crippen LogP contribution in [0.15, 0.2) is 70.9 Å². The fourth-order valence-electron chi connectivity index (χ4n) is 1.94. The number of allylic oxidation sites excluding steroid dienone is 2. The number of rotatable bonds is 6. The van der Waals surface area contributed by atoms with Gasteiger partial charge in [-0.3, -0.25) is 0 Å². The van der Waals surface area contributed by atoms with Crippen molar-refractivity contribution in [2.24, 2.45) is 10.2 Å². The maximum absolute atomic E-state index is 5.83. The van der Waals surface area contributed by atoms with Crippen molar-refractivity contribution in [3.05, 3.63) is 82.4 Å². The third kappa shape index (κ3) is 5.66. The number of benzene rings is 2. The highest BCUT2D eigenvalue weighted by molar-refractivity contribution is 6.30. The van der Waals surface area contributed by atoms with Gasteiger partial charge >= 0.3 is 0 Å². The molecule has 0 aromatic heterocycles. The van der Waals surface area contributed by atoms with Gasteiger partial charge in [0.15, 0.2) is 0 Å². The van der Waals surface area contributed by atoms with E-state index < -0.39 is 0 Å². The Morgan fingerprint density at radius 2 is 1.41 bits per heavy atom. The monoisotopic (exact) mass is 310 g/mol. The average Bonchev–Trinajstić information content (AvgIpc) is 2.55. The highest BCUT2D eigenvalue weighted by atomic mass is 35.5. The molecule has 0 aliphatic rings. The minimum absolute atomic E-state index is 0.718. The lowest BCUT2D eigenvalue weighted by Gasteiger charge is -1.98. The molecule has 0 unspecified atom stereocenters. The van der Waals surface area contributed by atoms with E-state index in [-0.39, 0.29) is 0 Å². The number of hydrogen-bond acceptors (Lipinski definition) is 2. The zero-order valence-electron chi connectivity index (χ0n) is 12.6. The molecule has 0 atom stereocenters. The van der Waals surface area contributed by atoms with Crippen molar-refractivity contribution >= 4 is 24.0 Å². The third-order valence-corrected chi connectivity index (χ3v) is 3.42. The fourth-order valence-corrected chi connectivity index (χ4v) is 2.06. The maximum Gasteiger partial charge on any atom is 0.0568 e. The van der Waals surface area contributed by atoms with E-state index in [1.54, 1.807) is 12.4 Å². The number of nitrogens with zero attached hydrogens (tertiary/aromatic N) is 2. The first-order valence-electron chi connectivity index (χ1n) is 7.30. The van der Waals surface area contributed by atoms with E-state index in [9.17, 15) is 0 Å². The van der Waals surface area contributed by atoms with Crippen LogP contribution in [0, 0.1) is 0 Å². The molecule has 2 aromatic carbocycles. The Labute approximate surface area is 136 Å². The molecule has 22 heavy (non-hydrogen) atoms. The van der Waals surface area contributed by atoms with Crippen molar-refractivity contribution in [1.82, 2.24) is 0 Å². The highest BCUT2D eigenvalue weighted by Crippen LogP contribution is 2.08. The van der Waals surface area contributed by atoms with Crippen molar-refractivity contribution in [3.63, 3.8) is 0 Å². The molecule has 2 nitrogen and oxygen atoms in total. The van der Waals surface area contributed by atoms with E-state index >= 15 is 0 Å². The second-order valence-corrected chi connectivity index (χ2v) is 5.33. The van der Waals surface area contributed by atoms with Crippen LogP contribution in [0.4, 0.5) is 0 Å². The molecule has 0 N–H and O–H groups in total.